The van der Waals surface area contributed by atoms with Crippen LogP contribution in [0.3, 0.4) is 0 Å². The molecule has 0 radical (unpaired) electrons. The second-order valence-corrected chi connectivity index (χ2v) is 5.04. The third-order valence-corrected chi connectivity index (χ3v) is 3.08. The molecule has 0 aliphatic rings. The lowest BCUT2D eigenvalue weighted by Gasteiger charge is -2.01. The Balaban J connectivity index is 0.000000225. The number of imidazole rings is 1. The number of phenolic OH excluding ortho intramolecular Hbond substituents is 1. The Morgan fingerprint density at radius 3 is 2.33 bits per heavy atom. The van der Waals surface area contributed by atoms with Gasteiger partial charge in [0, 0.05) is 25.5 Å². The number of aryl methyl sites for hydroxylation is 2. The van der Waals surface area contributed by atoms with Crippen LogP contribution in [-0.2, 0) is 17.2 Å². The van der Waals surface area contributed by atoms with Crippen LogP contribution in [0, 0.1) is 6.92 Å². The predicted molar refractivity (Wildman–Crippen MR) is 65.9 cm³/mol. The third-order valence-electron chi connectivity index (χ3n) is 2.09. The zero-order valence-corrected chi connectivity index (χ0v) is 10.8. The fourth-order valence-corrected chi connectivity index (χ4v) is 1.94. The molecular formula is C11H14N2O4S. The van der Waals surface area contributed by atoms with E-state index >= 15 is 0 Å². The molecule has 0 atom stereocenters. The molecule has 0 saturated carbocycles. The Labute approximate surface area is 105 Å². The summed E-state index contributed by atoms with van der Waals surface area (Å²) in [6, 6.07) is 3.77. The van der Waals surface area contributed by atoms with Crippen molar-refractivity contribution in [2.24, 2.45) is 7.05 Å². The minimum atomic E-state index is -4.22. The lowest BCUT2D eigenvalue weighted by atomic mass is 10.2. The van der Waals surface area contributed by atoms with Crippen molar-refractivity contribution >= 4 is 10.1 Å². The molecule has 1 aromatic heterocycles. The van der Waals surface area contributed by atoms with E-state index in [0.717, 1.165) is 6.07 Å². The monoisotopic (exact) mass is 270 g/mol. The first kappa shape index (κ1) is 14.2. The molecule has 0 bridgehead atoms. The first-order valence-corrected chi connectivity index (χ1v) is 6.44. The van der Waals surface area contributed by atoms with Gasteiger partial charge in [-0.05, 0) is 18.6 Å². The normalized spacial score (nSPS) is 10.6. The Hall–Kier alpha value is -1.86. The maximum Gasteiger partial charge on any atom is 0.294 e. The highest BCUT2D eigenvalue weighted by Crippen LogP contribution is 2.19. The molecule has 1 aromatic carbocycles. The average Bonchev–Trinajstić information content (AvgIpc) is 2.72. The average molecular weight is 270 g/mol. The van der Waals surface area contributed by atoms with Gasteiger partial charge in [-0.1, -0.05) is 6.07 Å². The van der Waals surface area contributed by atoms with Crippen molar-refractivity contribution in [3.63, 3.8) is 0 Å². The van der Waals surface area contributed by atoms with Crippen molar-refractivity contribution in [1.29, 1.82) is 0 Å². The van der Waals surface area contributed by atoms with E-state index in [-0.39, 0.29) is 10.6 Å². The number of aromatic hydroxyl groups is 1. The summed E-state index contributed by atoms with van der Waals surface area (Å²) in [5.74, 6) is -0.187. The molecule has 0 aliphatic carbocycles. The highest BCUT2D eigenvalue weighted by molar-refractivity contribution is 7.85. The molecule has 0 amide bonds. The second kappa shape index (κ2) is 5.65. The van der Waals surface area contributed by atoms with E-state index in [1.165, 1.54) is 19.1 Å². The van der Waals surface area contributed by atoms with Crippen LogP contribution in [0.2, 0.25) is 0 Å². The minimum Gasteiger partial charge on any atom is -0.508 e. The van der Waals surface area contributed by atoms with Crippen LogP contribution >= 0.6 is 0 Å². The summed E-state index contributed by atoms with van der Waals surface area (Å²) < 4.78 is 31.8. The first-order valence-electron chi connectivity index (χ1n) is 5.00. The summed E-state index contributed by atoms with van der Waals surface area (Å²) in [6.07, 6.45) is 5.39. The largest absolute Gasteiger partial charge is 0.508 e. The van der Waals surface area contributed by atoms with E-state index in [2.05, 4.69) is 4.98 Å². The first-order chi connectivity index (χ1) is 8.30. The number of phenols is 1. The molecule has 0 spiro atoms. The van der Waals surface area contributed by atoms with E-state index in [9.17, 15) is 8.42 Å². The number of nitrogens with zero attached hydrogens (tertiary/aromatic N) is 2. The summed E-state index contributed by atoms with van der Waals surface area (Å²) in [5.41, 5.74) is 0.398. The Kier molecular flexibility index (Phi) is 4.46. The van der Waals surface area contributed by atoms with Gasteiger partial charge in [0.1, 0.15) is 10.6 Å². The molecule has 2 aromatic rings. The van der Waals surface area contributed by atoms with Gasteiger partial charge in [0.25, 0.3) is 10.1 Å². The summed E-state index contributed by atoms with van der Waals surface area (Å²) in [5, 5.41) is 8.93. The van der Waals surface area contributed by atoms with Crippen molar-refractivity contribution in [2.75, 3.05) is 0 Å². The molecule has 6 nitrogen and oxygen atoms in total. The van der Waals surface area contributed by atoms with Gasteiger partial charge in [0.15, 0.2) is 0 Å². The number of hydrogen-bond donors (Lipinski definition) is 2. The molecule has 18 heavy (non-hydrogen) atoms. The van der Waals surface area contributed by atoms with Crippen LogP contribution in [0.15, 0.2) is 41.8 Å². The topological polar surface area (TPSA) is 92.4 Å². The van der Waals surface area contributed by atoms with Gasteiger partial charge in [0.2, 0.25) is 0 Å². The van der Waals surface area contributed by atoms with Crippen LogP contribution < -0.4 is 0 Å². The van der Waals surface area contributed by atoms with E-state index < -0.39 is 10.1 Å². The van der Waals surface area contributed by atoms with Crippen molar-refractivity contribution < 1.29 is 18.1 Å². The summed E-state index contributed by atoms with van der Waals surface area (Å²) in [4.78, 5) is 3.52. The molecular weight excluding hydrogens is 256 g/mol. The number of aromatic nitrogens is 2. The summed E-state index contributed by atoms with van der Waals surface area (Å²) in [7, 11) is -2.28. The Bertz CT molecular complexity index is 606. The van der Waals surface area contributed by atoms with Gasteiger partial charge >= 0.3 is 0 Å². The van der Waals surface area contributed by atoms with Gasteiger partial charge in [-0.15, -0.1) is 0 Å². The van der Waals surface area contributed by atoms with Crippen LogP contribution in [0.4, 0.5) is 0 Å². The predicted octanol–water partition coefficient (Wildman–Crippen LogP) is 1.37. The van der Waals surface area contributed by atoms with Crippen molar-refractivity contribution in [3.05, 3.63) is 42.5 Å². The molecule has 2 N–H and O–H groups in total. The summed E-state index contributed by atoms with van der Waals surface area (Å²) in [6.45, 7) is 1.53. The Morgan fingerprint density at radius 1 is 1.33 bits per heavy atom. The number of rotatable bonds is 1. The fraction of sp³-hybridized carbons (Fsp3) is 0.182. The van der Waals surface area contributed by atoms with E-state index in [1.807, 2.05) is 17.8 Å². The lowest BCUT2D eigenvalue weighted by molar-refractivity contribution is 0.465. The molecule has 0 fully saturated rings. The van der Waals surface area contributed by atoms with Gasteiger partial charge < -0.3 is 9.67 Å². The number of hydrogen-bond acceptors (Lipinski definition) is 4. The van der Waals surface area contributed by atoms with Gasteiger partial charge in [-0.3, -0.25) is 4.55 Å². The molecule has 2 rings (SSSR count). The second-order valence-electron chi connectivity index (χ2n) is 3.65. The zero-order valence-electron chi connectivity index (χ0n) is 9.98. The summed E-state index contributed by atoms with van der Waals surface area (Å²) >= 11 is 0. The van der Waals surface area contributed by atoms with E-state index in [0.29, 0.717) is 5.56 Å². The molecule has 98 valence electrons. The number of benzene rings is 1. The molecule has 1 heterocycles. The quantitative estimate of drug-likeness (QED) is 0.763. The van der Waals surface area contributed by atoms with Gasteiger partial charge in [-0.2, -0.15) is 8.42 Å². The molecule has 0 unspecified atom stereocenters. The third kappa shape index (κ3) is 4.19. The SMILES string of the molecule is Cc1ccc(O)cc1S(=O)(=O)O.Cn1ccnc1. The molecule has 0 saturated heterocycles. The van der Waals surface area contributed by atoms with Gasteiger partial charge in [-0.25, -0.2) is 4.98 Å². The zero-order chi connectivity index (χ0) is 13.8. The van der Waals surface area contributed by atoms with Crippen molar-refractivity contribution in [2.45, 2.75) is 11.8 Å². The van der Waals surface area contributed by atoms with Crippen molar-refractivity contribution in [1.82, 2.24) is 9.55 Å². The van der Waals surface area contributed by atoms with Gasteiger partial charge in [0.05, 0.1) is 6.33 Å². The maximum atomic E-state index is 10.7. The van der Waals surface area contributed by atoms with Crippen LogP contribution in [0.25, 0.3) is 0 Å². The Morgan fingerprint density at radius 2 is 2.00 bits per heavy atom. The van der Waals surface area contributed by atoms with Crippen molar-refractivity contribution in [3.8, 4) is 5.75 Å². The lowest BCUT2D eigenvalue weighted by Crippen LogP contribution is -2.00. The van der Waals surface area contributed by atoms with Crippen LogP contribution in [0.5, 0.6) is 5.75 Å². The fourth-order valence-electron chi connectivity index (χ4n) is 1.19. The van der Waals surface area contributed by atoms with E-state index in [4.69, 9.17) is 9.66 Å². The maximum absolute atomic E-state index is 10.7. The van der Waals surface area contributed by atoms with Crippen LogP contribution in [-0.4, -0.2) is 27.6 Å². The highest BCUT2D eigenvalue weighted by atomic mass is 32.2. The molecule has 7 heteroatoms. The van der Waals surface area contributed by atoms with E-state index in [1.54, 1.807) is 12.5 Å². The molecule has 0 aliphatic heterocycles. The minimum absolute atomic E-state index is 0.187. The smallest absolute Gasteiger partial charge is 0.294 e. The highest BCUT2D eigenvalue weighted by Gasteiger charge is 2.12. The van der Waals surface area contributed by atoms with Crippen LogP contribution in [0.1, 0.15) is 5.56 Å². The standard InChI is InChI=1S/C7H8O4S.C4H6N2/c1-5-2-3-6(8)4-7(5)12(9,10)11;1-6-3-2-5-4-6/h2-4,8H,1H3,(H,9,10,11);2-4H,1H3.